The van der Waals surface area contributed by atoms with E-state index < -0.39 is 11.9 Å². The van der Waals surface area contributed by atoms with Crippen molar-refractivity contribution < 1.29 is 18.7 Å². The van der Waals surface area contributed by atoms with Gasteiger partial charge in [-0.1, -0.05) is 42.1 Å². The Balaban J connectivity index is 1.30. The molecule has 1 aromatic carbocycles. The van der Waals surface area contributed by atoms with Gasteiger partial charge in [0.2, 0.25) is 5.12 Å². The zero-order valence-electron chi connectivity index (χ0n) is 17.3. The van der Waals surface area contributed by atoms with Crippen LogP contribution in [-0.2, 0) is 9.53 Å². The molecular weight excluding hydrogens is 413 g/mol. The highest BCUT2D eigenvalue weighted by Gasteiger charge is 2.40. The molecule has 3 atom stereocenters. The van der Waals surface area contributed by atoms with Gasteiger partial charge >= 0.3 is 5.97 Å². The molecular formula is C25H24FNO3S. The average molecular weight is 438 g/mol. The van der Waals surface area contributed by atoms with Crippen molar-refractivity contribution in [2.45, 2.75) is 25.7 Å². The number of nitrogens with zero attached hydrogens (tertiary/aromatic N) is 1. The Morgan fingerprint density at radius 2 is 2.19 bits per heavy atom. The molecule has 160 valence electrons. The van der Waals surface area contributed by atoms with Crippen LogP contribution in [-0.4, -0.2) is 28.4 Å². The van der Waals surface area contributed by atoms with Crippen molar-refractivity contribution in [1.29, 1.82) is 0 Å². The molecule has 3 unspecified atom stereocenters. The summed E-state index contributed by atoms with van der Waals surface area (Å²) in [6.07, 6.45) is 11.4. The predicted molar refractivity (Wildman–Crippen MR) is 120 cm³/mol. The number of fused-ring (bicyclic) bond motifs is 1. The van der Waals surface area contributed by atoms with E-state index in [0.29, 0.717) is 34.3 Å². The summed E-state index contributed by atoms with van der Waals surface area (Å²) >= 11 is 1.08. The van der Waals surface area contributed by atoms with Crippen LogP contribution in [0.4, 0.5) is 4.39 Å². The minimum absolute atomic E-state index is 0.114. The number of ether oxygens (including phenoxy) is 1. The molecule has 0 radical (unpaired) electrons. The number of pyridine rings is 1. The standard InChI is InChI=1S/C25H24FNO3S/c1-16(24(28)30-11-12-31-25(29)19-6-4-10-27-15-19)17-8-9-21(23(26)14-17)20-7-3-2-5-18-13-22(18)20/h2-4,6-10,14-16,18,22H,5,11-13H2,1H3. The Morgan fingerprint density at radius 3 is 2.97 bits per heavy atom. The molecule has 6 heteroatoms. The summed E-state index contributed by atoms with van der Waals surface area (Å²) < 4.78 is 20.2. The highest BCUT2D eigenvalue weighted by molar-refractivity contribution is 8.14. The number of hydrogen-bond donors (Lipinski definition) is 0. The van der Waals surface area contributed by atoms with Gasteiger partial charge < -0.3 is 4.74 Å². The molecule has 0 spiro atoms. The van der Waals surface area contributed by atoms with Crippen LogP contribution in [0.3, 0.4) is 0 Å². The van der Waals surface area contributed by atoms with E-state index in [4.69, 9.17) is 4.74 Å². The summed E-state index contributed by atoms with van der Waals surface area (Å²) in [5.74, 6) is 0.0937. The third kappa shape index (κ3) is 5.13. The van der Waals surface area contributed by atoms with E-state index in [9.17, 15) is 14.0 Å². The maximum atomic E-state index is 14.9. The topological polar surface area (TPSA) is 56.3 Å². The van der Waals surface area contributed by atoms with Crippen LogP contribution in [0, 0.1) is 17.7 Å². The molecule has 1 fully saturated rings. The van der Waals surface area contributed by atoms with E-state index in [1.807, 2.05) is 12.2 Å². The summed E-state index contributed by atoms with van der Waals surface area (Å²) in [5.41, 5.74) is 2.77. The van der Waals surface area contributed by atoms with E-state index in [1.165, 1.54) is 12.3 Å². The number of aromatic nitrogens is 1. The van der Waals surface area contributed by atoms with Crippen molar-refractivity contribution >= 4 is 28.4 Å². The van der Waals surface area contributed by atoms with Gasteiger partial charge in [-0.15, -0.1) is 0 Å². The van der Waals surface area contributed by atoms with Crippen molar-refractivity contribution in [3.8, 4) is 0 Å². The van der Waals surface area contributed by atoms with Gasteiger partial charge in [0.05, 0.1) is 5.92 Å². The number of rotatable bonds is 7. The largest absolute Gasteiger partial charge is 0.464 e. The third-order valence-electron chi connectivity index (χ3n) is 5.79. The first-order valence-corrected chi connectivity index (χ1v) is 11.4. The molecule has 0 amide bonds. The Labute approximate surface area is 185 Å². The van der Waals surface area contributed by atoms with E-state index in [-0.39, 0.29) is 17.5 Å². The predicted octanol–water partition coefficient (Wildman–Crippen LogP) is 5.42. The molecule has 2 aliphatic carbocycles. The Hall–Kier alpha value is -2.73. The fraction of sp³-hybridized carbons (Fsp3) is 0.320. The van der Waals surface area contributed by atoms with Gasteiger partial charge in [0.1, 0.15) is 12.4 Å². The minimum atomic E-state index is -0.584. The third-order valence-corrected chi connectivity index (χ3v) is 6.66. The smallest absolute Gasteiger partial charge is 0.313 e. The maximum Gasteiger partial charge on any atom is 0.313 e. The number of carbonyl (C=O) groups is 2. The molecule has 0 aliphatic heterocycles. The SMILES string of the molecule is CC(C(=O)OCCSC(=O)c1cccnc1)c1ccc(C2=CC=CCC3CC23)c(F)c1. The van der Waals surface area contributed by atoms with Gasteiger partial charge in [-0.3, -0.25) is 14.6 Å². The van der Waals surface area contributed by atoms with Crippen molar-refractivity contribution in [1.82, 2.24) is 4.98 Å². The number of allylic oxidation sites excluding steroid dienone is 4. The quantitative estimate of drug-likeness (QED) is 0.428. The molecule has 1 aromatic heterocycles. The lowest BCUT2D eigenvalue weighted by Crippen LogP contribution is -2.15. The molecule has 4 rings (SSSR count). The summed E-state index contributed by atoms with van der Waals surface area (Å²) in [7, 11) is 0. The zero-order chi connectivity index (χ0) is 21.8. The van der Waals surface area contributed by atoms with Gasteiger partial charge in [-0.25, -0.2) is 4.39 Å². The monoisotopic (exact) mass is 437 g/mol. The van der Waals surface area contributed by atoms with E-state index in [0.717, 1.165) is 30.2 Å². The second-order valence-electron chi connectivity index (χ2n) is 7.89. The maximum absolute atomic E-state index is 14.9. The van der Waals surface area contributed by atoms with Gasteiger partial charge in [0.25, 0.3) is 0 Å². The molecule has 31 heavy (non-hydrogen) atoms. The summed E-state index contributed by atoms with van der Waals surface area (Å²) in [6, 6.07) is 8.41. The van der Waals surface area contributed by atoms with Crippen LogP contribution in [0.25, 0.3) is 5.57 Å². The minimum Gasteiger partial charge on any atom is -0.464 e. The van der Waals surface area contributed by atoms with Gasteiger partial charge in [0.15, 0.2) is 0 Å². The molecule has 0 N–H and O–H groups in total. The second kappa shape index (κ2) is 9.60. The second-order valence-corrected chi connectivity index (χ2v) is 8.96. The summed E-state index contributed by atoms with van der Waals surface area (Å²) in [6.45, 7) is 1.82. The zero-order valence-corrected chi connectivity index (χ0v) is 18.1. The first kappa shape index (κ1) is 21.5. The van der Waals surface area contributed by atoms with Crippen LogP contribution in [0.5, 0.6) is 0 Å². The van der Waals surface area contributed by atoms with Crippen LogP contribution >= 0.6 is 11.8 Å². The first-order valence-electron chi connectivity index (χ1n) is 10.4. The van der Waals surface area contributed by atoms with Crippen LogP contribution in [0.1, 0.15) is 47.2 Å². The van der Waals surface area contributed by atoms with E-state index in [1.54, 1.807) is 37.4 Å². The number of halogens is 1. The molecule has 4 nitrogen and oxygen atoms in total. The molecule has 2 aromatic rings. The fourth-order valence-electron chi connectivity index (χ4n) is 3.87. The van der Waals surface area contributed by atoms with Gasteiger partial charge in [0, 0.05) is 29.3 Å². The average Bonchev–Trinajstić information content (AvgIpc) is 3.57. The number of thioether (sulfide) groups is 1. The molecule has 1 saturated carbocycles. The van der Waals surface area contributed by atoms with Crippen LogP contribution in [0.15, 0.2) is 61.0 Å². The highest BCUT2D eigenvalue weighted by Crippen LogP contribution is 2.51. The summed E-state index contributed by atoms with van der Waals surface area (Å²) in [5, 5.41) is -0.115. The van der Waals surface area contributed by atoms with E-state index in [2.05, 4.69) is 11.1 Å². The Morgan fingerprint density at radius 1 is 1.32 bits per heavy atom. The van der Waals surface area contributed by atoms with Crippen LogP contribution < -0.4 is 0 Å². The van der Waals surface area contributed by atoms with Crippen molar-refractivity contribution in [3.05, 3.63) is 83.5 Å². The molecule has 0 bridgehead atoms. The van der Waals surface area contributed by atoms with Gasteiger partial charge in [-0.2, -0.15) is 0 Å². The van der Waals surface area contributed by atoms with Crippen molar-refractivity contribution in [3.63, 3.8) is 0 Å². The fourth-order valence-corrected chi connectivity index (χ4v) is 4.51. The van der Waals surface area contributed by atoms with Crippen molar-refractivity contribution in [2.75, 3.05) is 12.4 Å². The number of benzene rings is 1. The van der Waals surface area contributed by atoms with Gasteiger partial charge in [-0.05, 0) is 60.9 Å². The number of esters is 1. The lowest BCUT2D eigenvalue weighted by Gasteiger charge is -2.14. The lowest BCUT2D eigenvalue weighted by molar-refractivity contribution is -0.144. The Bertz CT molecular complexity index is 1030. The molecule has 2 aliphatic rings. The molecule has 1 heterocycles. The van der Waals surface area contributed by atoms with E-state index >= 15 is 0 Å². The Kier molecular flexibility index (Phi) is 6.66. The lowest BCUT2D eigenvalue weighted by atomic mass is 9.94. The number of hydrogen-bond acceptors (Lipinski definition) is 5. The van der Waals surface area contributed by atoms with Crippen LogP contribution in [0.2, 0.25) is 0 Å². The summed E-state index contributed by atoms with van der Waals surface area (Å²) in [4.78, 5) is 28.3. The van der Waals surface area contributed by atoms with Crippen molar-refractivity contribution in [2.24, 2.45) is 11.8 Å². The number of carbonyl (C=O) groups excluding carboxylic acids is 2. The first-order chi connectivity index (χ1) is 15.0. The normalized spacial score (nSPS) is 20.3. The highest BCUT2D eigenvalue weighted by atomic mass is 32.2. The molecule has 0 saturated heterocycles.